The van der Waals surface area contributed by atoms with Crippen molar-refractivity contribution in [2.75, 3.05) is 5.32 Å². The summed E-state index contributed by atoms with van der Waals surface area (Å²) in [7, 11) is 0. The number of nitrogens with zero attached hydrogens (tertiary/aromatic N) is 4. The summed E-state index contributed by atoms with van der Waals surface area (Å²) in [6, 6.07) is 6.94. The van der Waals surface area contributed by atoms with Gasteiger partial charge in [-0.1, -0.05) is 6.07 Å². The smallest absolute Gasteiger partial charge is 0.260 e. The van der Waals surface area contributed by atoms with Crippen molar-refractivity contribution < 1.29 is 9.53 Å². The second-order valence-electron chi connectivity index (χ2n) is 5.80. The summed E-state index contributed by atoms with van der Waals surface area (Å²) < 4.78 is 5.75. The van der Waals surface area contributed by atoms with Gasteiger partial charge in [0.2, 0.25) is 0 Å². The van der Waals surface area contributed by atoms with Gasteiger partial charge in [0.25, 0.3) is 5.91 Å². The molecule has 27 heavy (non-hydrogen) atoms. The van der Waals surface area contributed by atoms with Gasteiger partial charge < -0.3 is 15.8 Å². The van der Waals surface area contributed by atoms with Gasteiger partial charge in [-0.05, 0) is 43.2 Å². The third-order valence-corrected chi connectivity index (χ3v) is 3.52. The lowest BCUT2D eigenvalue weighted by molar-refractivity contribution is 0.102. The minimum Gasteiger partial charge on any atom is -0.454 e. The molecule has 8 nitrogen and oxygen atoms in total. The molecule has 136 valence electrons. The molecule has 0 aliphatic heterocycles. The van der Waals surface area contributed by atoms with Crippen LogP contribution in [0, 0.1) is 13.8 Å². The Balaban J connectivity index is 1.89. The molecule has 3 rings (SSSR count). The van der Waals surface area contributed by atoms with E-state index in [1.54, 1.807) is 30.7 Å². The Hall–Kier alpha value is -3.81. The number of anilines is 1. The highest BCUT2D eigenvalue weighted by atomic mass is 16.5. The molecule has 0 aromatic carbocycles. The van der Waals surface area contributed by atoms with Crippen molar-refractivity contribution in [2.24, 2.45) is 10.7 Å². The van der Waals surface area contributed by atoms with Crippen LogP contribution in [-0.2, 0) is 0 Å². The van der Waals surface area contributed by atoms with Crippen molar-refractivity contribution in [3.8, 4) is 11.5 Å². The van der Waals surface area contributed by atoms with E-state index in [4.69, 9.17) is 10.5 Å². The Morgan fingerprint density at radius 3 is 2.59 bits per heavy atom. The number of ether oxygens (including phenoxy) is 1. The van der Waals surface area contributed by atoms with E-state index in [1.165, 1.54) is 6.20 Å². The quantitative estimate of drug-likeness (QED) is 0.532. The highest BCUT2D eigenvalue weighted by Gasteiger charge is 2.15. The van der Waals surface area contributed by atoms with Gasteiger partial charge in [-0.2, -0.15) is 0 Å². The summed E-state index contributed by atoms with van der Waals surface area (Å²) in [4.78, 5) is 29.0. The van der Waals surface area contributed by atoms with E-state index in [2.05, 4.69) is 25.3 Å². The van der Waals surface area contributed by atoms with Crippen LogP contribution in [0.15, 0.2) is 54.0 Å². The number of pyridine rings is 3. The van der Waals surface area contributed by atoms with Gasteiger partial charge in [-0.25, -0.2) is 15.0 Å². The van der Waals surface area contributed by atoms with E-state index in [1.807, 2.05) is 26.0 Å². The van der Waals surface area contributed by atoms with Crippen LogP contribution in [0.25, 0.3) is 0 Å². The number of carbonyl (C=O) groups is 1. The highest BCUT2D eigenvalue weighted by Crippen LogP contribution is 2.26. The van der Waals surface area contributed by atoms with Crippen LogP contribution in [0.2, 0.25) is 0 Å². The lowest BCUT2D eigenvalue weighted by Crippen LogP contribution is -2.14. The number of amides is 1. The molecule has 0 radical (unpaired) electrons. The fourth-order valence-corrected chi connectivity index (χ4v) is 2.28. The molecule has 0 aliphatic carbocycles. The van der Waals surface area contributed by atoms with Crippen LogP contribution in [-0.4, -0.2) is 27.2 Å². The number of aliphatic imine (C=N–C) groups is 1. The summed E-state index contributed by atoms with van der Waals surface area (Å²) in [6.07, 6.45) is 7.50. The van der Waals surface area contributed by atoms with Crippen LogP contribution in [0.1, 0.15) is 21.5 Å². The number of nitrogens with two attached hydrogens (primary N) is 1. The molecule has 0 saturated heterocycles. The van der Waals surface area contributed by atoms with E-state index in [0.717, 1.165) is 17.5 Å². The van der Waals surface area contributed by atoms with E-state index in [9.17, 15) is 4.79 Å². The Morgan fingerprint density at radius 1 is 1.07 bits per heavy atom. The van der Waals surface area contributed by atoms with Gasteiger partial charge in [0.15, 0.2) is 5.82 Å². The van der Waals surface area contributed by atoms with Crippen LogP contribution in [0.4, 0.5) is 11.6 Å². The number of nitrogens with one attached hydrogen (secondary N) is 1. The van der Waals surface area contributed by atoms with Gasteiger partial charge in [-0.15, -0.1) is 0 Å². The molecule has 3 aromatic rings. The maximum Gasteiger partial charge on any atom is 0.260 e. The number of aromatic nitrogens is 3. The Bertz CT molecular complexity index is 986. The molecule has 0 bridgehead atoms. The largest absolute Gasteiger partial charge is 0.454 e. The molecule has 0 saturated carbocycles. The third-order valence-electron chi connectivity index (χ3n) is 3.52. The van der Waals surface area contributed by atoms with Crippen molar-refractivity contribution in [1.29, 1.82) is 0 Å². The minimum atomic E-state index is -0.424. The standard InChI is InChI=1S/C19H18N6O2/c1-12-3-4-17(22-8-12)25-19(26)16-6-15(10-23-18(16)24-11-20)27-14-5-13(2)7-21-9-14/h3-11H,1-2H3,(H2,20,23,24)(H,22,25,26). The summed E-state index contributed by atoms with van der Waals surface area (Å²) in [5, 5.41) is 2.71. The summed E-state index contributed by atoms with van der Waals surface area (Å²) in [6.45, 7) is 3.82. The Kier molecular flexibility index (Phi) is 5.36. The van der Waals surface area contributed by atoms with Crippen molar-refractivity contribution in [2.45, 2.75) is 13.8 Å². The summed E-state index contributed by atoms with van der Waals surface area (Å²) in [5.41, 5.74) is 7.51. The molecular weight excluding hydrogens is 344 g/mol. The fourth-order valence-electron chi connectivity index (χ4n) is 2.28. The zero-order chi connectivity index (χ0) is 19.2. The monoisotopic (exact) mass is 362 g/mol. The minimum absolute atomic E-state index is 0.178. The maximum absolute atomic E-state index is 12.7. The van der Waals surface area contributed by atoms with Crippen LogP contribution >= 0.6 is 0 Å². The molecular formula is C19H18N6O2. The molecule has 8 heteroatoms. The molecule has 0 unspecified atom stereocenters. The molecule has 0 spiro atoms. The average molecular weight is 362 g/mol. The fraction of sp³-hybridized carbons (Fsp3) is 0.105. The van der Waals surface area contributed by atoms with Gasteiger partial charge in [0.05, 0.1) is 24.3 Å². The van der Waals surface area contributed by atoms with E-state index in [0.29, 0.717) is 17.3 Å². The normalized spacial score (nSPS) is 10.7. The predicted molar refractivity (Wildman–Crippen MR) is 103 cm³/mol. The molecule has 0 atom stereocenters. The second kappa shape index (κ2) is 8.05. The zero-order valence-corrected chi connectivity index (χ0v) is 14.9. The molecule has 0 aliphatic rings. The van der Waals surface area contributed by atoms with Crippen LogP contribution in [0.5, 0.6) is 11.5 Å². The Labute approximate surface area is 156 Å². The van der Waals surface area contributed by atoms with Crippen LogP contribution in [0.3, 0.4) is 0 Å². The Morgan fingerprint density at radius 2 is 1.89 bits per heavy atom. The summed E-state index contributed by atoms with van der Waals surface area (Å²) in [5.74, 6) is 1.09. The van der Waals surface area contributed by atoms with Gasteiger partial charge in [0.1, 0.15) is 17.3 Å². The molecule has 3 aromatic heterocycles. The molecule has 0 fully saturated rings. The molecule has 3 heterocycles. The molecule has 1 amide bonds. The topological polar surface area (TPSA) is 115 Å². The number of aryl methyl sites for hydroxylation is 2. The lowest BCUT2D eigenvalue weighted by atomic mass is 10.2. The van der Waals surface area contributed by atoms with Crippen molar-refractivity contribution in [1.82, 2.24) is 15.0 Å². The predicted octanol–water partition coefficient (Wildman–Crippen LogP) is 3.15. The number of hydrogen-bond acceptors (Lipinski definition) is 6. The first kappa shape index (κ1) is 18.0. The first-order valence-corrected chi connectivity index (χ1v) is 8.13. The van der Waals surface area contributed by atoms with Gasteiger partial charge in [-0.3, -0.25) is 9.78 Å². The van der Waals surface area contributed by atoms with Gasteiger partial charge >= 0.3 is 0 Å². The number of carbonyl (C=O) groups excluding carboxylic acids is 1. The lowest BCUT2D eigenvalue weighted by Gasteiger charge is -2.10. The zero-order valence-electron chi connectivity index (χ0n) is 14.9. The van der Waals surface area contributed by atoms with Crippen molar-refractivity contribution >= 4 is 23.9 Å². The van der Waals surface area contributed by atoms with E-state index >= 15 is 0 Å². The summed E-state index contributed by atoms with van der Waals surface area (Å²) >= 11 is 0. The highest BCUT2D eigenvalue weighted by molar-refractivity contribution is 6.07. The molecule has 3 N–H and O–H groups in total. The van der Waals surface area contributed by atoms with Crippen LogP contribution < -0.4 is 15.8 Å². The number of rotatable bonds is 5. The van der Waals surface area contributed by atoms with E-state index < -0.39 is 5.91 Å². The van der Waals surface area contributed by atoms with Crippen molar-refractivity contribution in [3.05, 3.63) is 65.7 Å². The second-order valence-corrected chi connectivity index (χ2v) is 5.80. The first-order valence-electron chi connectivity index (χ1n) is 8.13. The first-order chi connectivity index (χ1) is 13.0. The van der Waals surface area contributed by atoms with E-state index in [-0.39, 0.29) is 11.4 Å². The third kappa shape index (κ3) is 4.63. The number of hydrogen-bond donors (Lipinski definition) is 2. The van der Waals surface area contributed by atoms with Crippen molar-refractivity contribution in [3.63, 3.8) is 0 Å². The average Bonchev–Trinajstić information content (AvgIpc) is 2.65. The SMILES string of the molecule is Cc1ccc(NC(=O)c2cc(Oc3cncc(C)c3)cnc2/N=C\N)nc1. The van der Waals surface area contributed by atoms with Gasteiger partial charge in [0, 0.05) is 12.4 Å². The maximum atomic E-state index is 12.7.